The van der Waals surface area contributed by atoms with E-state index < -0.39 is 10.7 Å². The standard InChI is InChI=1S/C24H17FN4O4/c1-32-22-10-16(9-17(13-26)24-27-19-8-7-18(25)11-20(19)28-24)21(29(30)31)12-23(22)33-14-15-5-3-2-4-6-15/h2-12H,14H2,1H3,(H,27,28)/b17-9-. The highest BCUT2D eigenvalue weighted by atomic mass is 19.1. The third-order valence-electron chi connectivity index (χ3n) is 4.87. The predicted molar refractivity (Wildman–Crippen MR) is 120 cm³/mol. The minimum absolute atomic E-state index is 0.0368. The van der Waals surface area contributed by atoms with Crippen LogP contribution in [0.1, 0.15) is 17.0 Å². The van der Waals surface area contributed by atoms with Gasteiger partial charge in [0.2, 0.25) is 0 Å². The molecule has 0 saturated carbocycles. The van der Waals surface area contributed by atoms with Gasteiger partial charge in [-0.25, -0.2) is 9.37 Å². The van der Waals surface area contributed by atoms with Crippen LogP contribution in [0.3, 0.4) is 0 Å². The number of hydrogen-bond acceptors (Lipinski definition) is 6. The second kappa shape index (κ2) is 9.20. The highest BCUT2D eigenvalue weighted by Crippen LogP contribution is 2.37. The molecule has 8 nitrogen and oxygen atoms in total. The molecule has 1 aromatic heterocycles. The number of rotatable bonds is 7. The van der Waals surface area contributed by atoms with Gasteiger partial charge in [0.25, 0.3) is 5.69 Å². The minimum Gasteiger partial charge on any atom is -0.493 e. The van der Waals surface area contributed by atoms with Crippen LogP contribution < -0.4 is 9.47 Å². The smallest absolute Gasteiger partial charge is 0.280 e. The summed E-state index contributed by atoms with van der Waals surface area (Å²) in [5.41, 5.74) is 1.65. The van der Waals surface area contributed by atoms with Crippen molar-refractivity contribution >= 4 is 28.4 Å². The van der Waals surface area contributed by atoms with Gasteiger partial charge in [-0.2, -0.15) is 5.26 Å². The van der Waals surface area contributed by atoms with Gasteiger partial charge in [0.1, 0.15) is 24.3 Å². The van der Waals surface area contributed by atoms with Gasteiger partial charge in [-0.05, 0) is 35.9 Å². The molecule has 4 aromatic rings. The summed E-state index contributed by atoms with van der Waals surface area (Å²) in [7, 11) is 1.42. The van der Waals surface area contributed by atoms with E-state index in [1.165, 1.54) is 43.5 Å². The molecule has 1 heterocycles. The Balaban J connectivity index is 1.74. The maximum absolute atomic E-state index is 13.5. The first kappa shape index (κ1) is 21.5. The zero-order valence-corrected chi connectivity index (χ0v) is 17.4. The average molecular weight is 444 g/mol. The molecule has 9 heteroatoms. The third-order valence-corrected chi connectivity index (χ3v) is 4.87. The van der Waals surface area contributed by atoms with E-state index in [9.17, 15) is 19.8 Å². The monoisotopic (exact) mass is 444 g/mol. The van der Waals surface area contributed by atoms with Crippen LogP contribution in [0.25, 0.3) is 22.7 Å². The van der Waals surface area contributed by atoms with Crippen molar-refractivity contribution in [2.45, 2.75) is 6.61 Å². The first-order valence-electron chi connectivity index (χ1n) is 9.79. The molecule has 0 amide bonds. The number of ether oxygens (including phenoxy) is 2. The molecule has 0 radical (unpaired) electrons. The highest BCUT2D eigenvalue weighted by Gasteiger charge is 2.20. The molecule has 0 unspecified atom stereocenters. The lowest BCUT2D eigenvalue weighted by Gasteiger charge is -2.12. The van der Waals surface area contributed by atoms with Gasteiger partial charge in [0.05, 0.1) is 40.3 Å². The molecule has 4 rings (SSSR count). The Morgan fingerprint density at radius 2 is 2.00 bits per heavy atom. The number of nitro groups is 1. The van der Waals surface area contributed by atoms with E-state index in [-0.39, 0.29) is 40.8 Å². The number of H-pyrrole nitrogens is 1. The number of halogens is 1. The van der Waals surface area contributed by atoms with Crippen LogP contribution in [-0.4, -0.2) is 22.0 Å². The number of nitrogens with one attached hydrogen (secondary N) is 1. The number of fused-ring (bicyclic) bond motifs is 1. The molecule has 0 aliphatic heterocycles. The number of benzene rings is 3. The molecule has 0 aliphatic rings. The summed E-state index contributed by atoms with van der Waals surface area (Å²) in [5, 5.41) is 21.4. The predicted octanol–water partition coefficient (Wildman–Crippen LogP) is 5.26. The van der Waals surface area contributed by atoms with Crippen LogP contribution in [0.15, 0.2) is 60.7 Å². The van der Waals surface area contributed by atoms with Crippen molar-refractivity contribution in [2.75, 3.05) is 7.11 Å². The van der Waals surface area contributed by atoms with Crippen molar-refractivity contribution < 1.29 is 18.8 Å². The fourth-order valence-electron chi connectivity index (χ4n) is 3.26. The number of imidazole rings is 1. The van der Waals surface area contributed by atoms with E-state index in [1.807, 2.05) is 36.4 Å². The van der Waals surface area contributed by atoms with Gasteiger partial charge in [-0.15, -0.1) is 0 Å². The molecule has 0 atom stereocenters. The van der Waals surface area contributed by atoms with E-state index in [4.69, 9.17) is 9.47 Å². The van der Waals surface area contributed by atoms with Crippen LogP contribution in [0.5, 0.6) is 11.5 Å². The van der Waals surface area contributed by atoms with Crippen molar-refractivity contribution in [3.8, 4) is 17.6 Å². The number of hydrogen-bond donors (Lipinski definition) is 1. The number of nitrogens with zero attached hydrogens (tertiary/aromatic N) is 3. The maximum Gasteiger partial charge on any atom is 0.280 e. The molecule has 33 heavy (non-hydrogen) atoms. The first-order chi connectivity index (χ1) is 16.0. The first-order valence-corrected chi connectivity index (χ1v) is 9.79. The number of aromatic amines is 1. The van der Waals surface area contributed by atoms with Gasteiger partial charge in [-0.1, -0.05) is 30.3 Å². The molecule has 164 valence electrons. The number of allylic oxidation sites excluding steroid dienone is 1. The minimum atomic E-state index is -0.566. The van der Waals surface area contributed by atoms with Gasteiger partial charge < -0.3 is 14.5 Å². The zero-order chi connectivity index (χ0) is 23.4. The van der Waals surface area contributed by atoms with Crippen molar-refractivity contribution in [3.05, 3.63) is 93.5 Å². The summed E-state index contributed by atoms with van der Waals surface area (Å²) in [6, 6.07) is 18.0. The molecular weight excluding hydrogens is 427 g/mol. The summed E-state index contributed by atoms with van der Waals surface area (Å²) >= 11 is 0. The number of methoxy groups -OCH3 is 1. The van der Waals surface area contributed by atoms with Crippen molar-refractivity contribution in [2.24, 2.45) is 0 Å². The summed E-state index contributed by atoms with van der Waals surface area (Å²) in [6.07, 6.45) is 1.33. The van der Waals surface area contributed by atoms with E-state index in [0.717, 1.165) is 5.56 Å². The molecule has 0 spiro atoms. The number of aromatic nitrogens is 2. The maximum atomic E-state index is 13.5. The molecular formula is C24H17FN4O4. The summed E-state index contributed by atoms with van der Waals surface area (Å²) < 4.78 is 24.6. The molecule has 1 N–H and O–H groups in total. The van der Waals surface area contributed by atoms with Gasteiger partial charge >= 0.3 is 0 Å². The SMILES string of the molecule is COc1cc(/C=C(/C#N)c2nc3ccc(F)cc3[nH]2)c([N+](=O)[O-])cc1OCc1ccccc1. The third kappa shape index (κ3) is 4.65. The molecule has 0 fully saturated rings. The Hall–Kier alpha value is -4.71. The lowest BCUT2D eigenvalue weighted by atomic mass is 10.1. The lowest BCUT2D eigenvalue weighted by molar-refractivity contribution is -0.385. The van der Waals surface area contributed by atoms with E-state index in [2.05, 4.69) is 9.97 Å². The average Bonchev–Trinajstić information content (AvgIpc) is 3.24. The van der Waals surface area contributed by atoms with E-state index in [0.29, 0.717) is 11.0 Å². The summed E-state index contributed by atoms with van der Waals surface area (Å²) in [6.45, 7) is 0.197. The topological polar surface area (TPSA) is 114 Å². The van der Waals surface area contributed by atoms with Crippen molar-refractivity contribution in [1.82, 2.24) is 9.97 Å². The second-order valence-electron chi connectivity index (χ2n) is 7.01. The zero-order valence-electron chi connectivity index (χ0n) is 17.4. The Bertz CT molecular complexity index is 1410. The van der Waals surface area contributed by atoms with Gasteiger partial charge in [0.15, 0.2) is 11.5 Å². The summed E-state index contributed by atoms with van der Waals surface area (Å²) in [4.78, 5) is 18.3. The highest BCUT2D eigenvalue weighted by molar-refractivity contribution is 5.92. The normalized spacial score (nSPS) is 11.2. The quantitative estimate of drug-likeness (QED) is 0.236. The molecule has 0 aliphatic carbocycles. The van der Waals surface area contributed by atoms with E-state index >= 15 is 0 Å². The van der Waals surface area contributed by atoms with Crippen LogP contribution in [0, 0.1) is 27.3 Å². The van der Waals surface area contributed by atoms with Crippen LogP contribution in [0.4, 0.5) is 10.1 Å². The van der Waals surface area contributed by atoms with Gasteiger partial charge in [0, 0.05) is 0 Å². The molecule has 0 saturated heterocycles. The Kier molecular flexibility index (Phi) is 6.00. The Morgan fingerprint density at radius 1 is 1.21 bits per heavy atom. The van der Waals surface area contributed by atoms with Crippen LogP contribution in [-0.2, 0) is 6.61 Å². The van der Waals surface area contributed by atoms with Crippen molar-refractivity contribution in [1.29, 1.82) is 5.26 Å². The fourth-order valence-corrected chi connectivity index (χ4v) is 3.26. The molecule has 0 bridgehead atoms. The Morgan fingerprint density at radius 3 is 2.70 bits per heavy atom. The van der Waals surface area contributed by atoms with Crippen molar-refractivity contribution in [3.63, 3.8) is 0 Å². The second-order valence-corrected chi connectivity index (χ2v) is 7.01. The lowest BCUT2D eigenvalue weighted by Crippen LogP contribution is -2.00. The number of nitriles is 1. The van der Waals surface area contributed by atoms with E-state index in [1.54, 1.807) is 0 Å². The molecule has 3 aromatic carbocycles. The van der Waals surface area contributed by atoms with Crippen LogP contribution >= 0.6 is 0 Å². The fraction of sp³-hybridized carbons (Fsp3) is 0.0833. The summed E-state index contributed by atoms with van der Waals surface area (Å²) in [5.74, 6) is 0.178. The van der Waals surface area contributed by atoms with Gasteiger partial charge in [-0.3, -0.25) is 10.1 Å². The number of nitro benzene ring substituents is 1. The largest absolute Gasteiger partial charge is 0.493 e. The van der Waals surface area contributed by atoms with Crippen LogP contribution in [0.2, 0.25) is 0 Å². The Labute approximate surface area is 187 Å².